The molecule has 0 radical (unpaired) electrons. The van der Waals surface area contributed by atoms with Crippen molar-refractivity contribution in [3.05, 3.63) is 66.1 Å². The molecule has 0 bridgehead atoms. The Bertz CT molecular complexity index is 769. The predicted molar refractivity (Wildman–Crippen MR) is 95.4 cm³/mol. The first-order valence-electron chi connectivity index (χ1n) is 8.49. The van der Waals surface area contributed by atoms with E-state index in [4.69, 9.17) is 14.4 Å². The van der Waals surface area contributed by atoms with Crippen molar-refractivity contribution >= 4 is 0 Å². The summed E-state index contributed by atoms with van der Waals surface area (Å²) in [7, 11) is 0. The van der Waals surface area contributed by atoms with Crippen LogP contribution in [0.3, 0.4) is 0 Å². The molecule has 0 saturated heterocycles. The van der Waals surface area contributed by atoms with Gasteiger partial charge in [-0.15, -0.1) is 0 Å². The highest BCUT2D eigenvalue weighted by Crippen LogP contribution is 2.21. The fourth-order valence-corrected chi connectivity index (χ4v) is 2.61. The van der Waals surface area contributed by atoms with E-state index in [9.17, 15) is 0 Å². The van der Waals surface area contributed by atoms with Crippen LogP contribution in [0.2, 0.25) is 0 Å². The highest BCUT2D eigenvalue weighted by atomic mass is 16.5. The zero-order valence-electron chi connectivity index (χ0n) is 14.3. The summed E-state index contributed by atoms with van der Waals surface area (Å²) < 4.78 is 11.2. The zero-order valence-corrected chi connectivity index (χ0v) is 14.3. The number of hydrogen-bond acceptors (Lipinski definition) is 5. The molecule has 0 aliphatic heterocycles. The fourth-order valence-electron chi connectivity index (χ4n) is 2.61. The van der Waals surface area contributed by atoms with Gasteiger partial charge >= 0.3 is 0 Å². The number of benzene rings is 2. The van der Waals surface area contributed by atoms with Gasteiger partial charge in [0.05, 0.1) is 6.10 Å². The van der Waals surface area contributed by atoms with E-state index >= 15 is 0 Å². The standard InChI is InChI=1S/C20H22N2O3/c1-15(14-16-6-3-2-4-7-16)24-18-11-9-17(10-12-18)20-21-19(25-22-20)8-5-13-23/h2-4,6-7,9-12,15,23H,5,8,13-14H2,1H3. The van der Waals surface area contributed by atoms with Crippen molar-refractivity contribution in [3.8, 4) is 17.1 Å². The Morgan fingerprint density at radius 2 is 1.84 bits per heavy atom. The Hall–Kier alpha value is -2.66. The molecular formula is C20H22N2O3. The number of aryl methyl sites for hydroxylation is 1. The van der Waals surface area contributed by atoms with Crippen molar-refractivity contribution in [2.45, 2.75) is 32.3 Å². The molecule has 1 N–H and O–H groups in total. The summed E-state index contributed by atoms with van der Waals surface area (Å²) in [5.74, 6) is 1.91. The van der Waals surface area contributed by atoms with Gasteiger partial charge in [-0.25, -0.2) is 0 Å². The molecule has 2 aromatic carbocycles. The van der Waals surface area contributed by atoms with E-state index in [1.54, 1.807) is 0 Å². The normalized spacial score (nSPS) is 12.1. The van der Waals surface area contributed by atoms with Crippen LogP contribution in [0, 0.1) is 0 Å². The maximum Gasteiger partial charge on any atom is 0.227 e. The average molecular weight is 338 g/mol. The molecule has 5 heteroatoms. The minimum Gasteiger partial charge on any atom is -0.490 e. The number of aliphatic hydroxyl groups is 1. The number of nitrogens with zero attached hydrogens (tertiary/aromatic N) is 2. The van der Waals surface area contributed by atoms with E-state index < -0.39 is 0 Å². The Morgan fingerprint density at radius 3 is 2.56 bits per heavy atom. The van der Waals surface area contributed by atoms with E-state index in [-0.39, 0.29) is 12.7 Å². The maximum atomic E-state index is 8.84. The number of ether oxygens (including phenoxy) is 1. The van der Waals surface area contributed by atoms with E-state index in [1.165, 1.54) is 5.56 Å². The van der Waals surface area contributed by atoms with Crippen molar-refractivity contribution in [1.82, 2.24) is 10.1 Å². The van der Waals surface area contributed by atoms with Crippen molar-refractivity contribution in [3.63, 3.8) is 0 Å². The van der Waals surface area contributed by atoms with Crippen molar-refractivity contribution in [2.24, 2.45) is 0 Å². The lowest BCUT2D eigenvalue weighted by molar-refractivity contribution is 0.222. The second kappa shape index (κ2) is 8.44. The van der Waals surface area contributed by atoms with Gasteiger partial charge in [0, 0.05) is 25.0 Å². The van der Waals surface area contributed by atoms with Gasteiger partial charge in [0.25, 0.3) is 0 Å². The summed E-state index contributed by atoms with van der Waals surface area (Å²) in [6.45, 7) is 2.18. The number of rotatable bonds is 8. The van der Waals surface area contributed by atoms with Crippen LogP contribution in [0.15, 0.2) is 59.1 Å². The molecule has 3 rings (SSSR count). The number of hydrogen-bond donors (Lipinski definition) is 1. The first-order valence-corrected chi connectivity index (χ1v) is 8.49. The van der Waals surface area contributed by atoms with Gasteiger partial charge in [0.2, 0.25) is 11.7 Å². The third-order valence-corrected chi connectivity index (χ3v) is 3.83. The van der Waals surface area contributed by atoms with Gasteiger partial charge in [-0.1, -0.05) is 35.5 Å². The Labute approximate surface area is 147 Å². The van der Waals surface area contributed by atoms with Crippen molar-refractivity contribution in [1.29, 1.82) is 0 Å². The SMILES string of the molecule is CC(Cc1ccccc1)Oc1ccc(-c2noc(CCCO)n2)cc1. The molecule has 1 atom stereocenters. The smallest absolute Gasteiger partial charge is 0.227 e. The molecule has 25 heavy (non-hydrogen) atoms. The molecule has 0 aliphatic rings. The molecule has 0 spiro atoms. The fraction of sp³-hybridized carbons (Fsp3) is 0.300. The molecule has 3 aromatic rings. The van der Waals surface area contributed by atoms with Crippen LogP contribution in [0.5, 0.6) is 5.75 Å². The van der Waals surface area contributed by atoms with E-state index in [0.29, 0.717) is 24.6 Å². The summed E-state index contributed by atoms with van der Waals surface area (Å²) in [6, 6.07) is 18.0. The van der Waals surface area contributed by atoms with Gasteiger partial charge in [-0.2, -0.15) is 4.98 Å². The van der Waals surface area contributed by atoms with Crippen LogP contribution in [-0.2, 0) is 12.8 Å². The second-order valence-corrected chi connectivity index (χ2v) is 5.98. The van der Waals surface area contributed by atoms with Gasteiger partial charge in [-0.05, 0) is 43.2 Å². The van der Waals surface area contributed by atoms with Gasteiger partial charge in [-0.3, -0.25) is 0 Å². The van der Waals surface area contributed by atoms with Crippen LogP contribution in [-0.4, -0.2) is 28.0 Å². The highest BCUT2D eigenvalue weighted by molar-refractivity contribution is 5.55. The third kappa shape index (κ3) is 4.90. The van der Waals surface area contributed by atoms with Crippen molar-refractivity contribution < 1.29 is 14.4 Å². The lowest BCUT2D eigenvalue weighted by Gasteiger charge is -2.15. The number of aliphatic hydroxyl groups excluding tert-OH is 1. The average Bonchev–Trinajstić information content (AvgIpc) is 3.10. The minimum absolute atomic E-state index is 0.0866. The highest BCUT2D eigenvalue weighted by Gasteiger charge is 2.10. The first kappa shape index (κ1) is 17.2. The molecule has 1 aromatic heterocycles. The summed E-state index contributed by atoms with van der Waals surface area (Å²) in [5, 5.41) is 12.8. The van der Waals surface area contributed by atoms with Gasteiger partial charge in [0.15, 0.2) is 0 Å². The lowest BCUT2D eigenvalue weighted by atomic mass is 10.1. The van der Waals surface area contributed by atoms with Crippen molar-refractivity contribution in [2.75, 3.05) is 6.61 Å². The molecule has 1 unspecified atom stereocenters. The summed E-state index contributed by atoms with van der Waals surface area (Å²) >= 11 is 0. The Morgan fingerprint density at radius 1 is 1.08 bits per heavy atom. The molecule has 0 aliphatic carbocycles. The molecule has 0 amide bonds. The van der Waals surface area contributed by atoms with Crippen LogP contribution >= 0.6 is 0 Å². The van der Waals surface area contributed by atoms with Crippen LogP contribution in [0.1, 0.15) is 24.8 Å². The zero-order chi connectivity index (χ0) is 17.5. The van der Waals surface area contributed by atoms with E-state index in [1.807, 2.05) is 42.5 Å². The monoisotopic (exact) mass is 338 g/mol. The quantitative estimate of drug-likeness (QED) is 0.679. The molecule has 130 valence electrons. The summed E-state index contributed by atoms with van der Waals surface area (Å²) in [5.41, 5.74) is 2.14. The lowest BCUT2D eigenvalue weighted by Crippen LogP contribution is -2.14. The van der Waals surface area contributed by atoms with Crippen LogP contribution in [0.25, 0.3) is 11.4 Å². The largest absolute Gasteiger partial charge is 0.490 e. The molecule has 0 saturated carbocycles. The van der Waals surface area contributed by atoms with E-state index in [2.05, 4.69) is 29.2 Å². The second-order valence-electron chi connectivity index (χ2n) is 5.98. The van der Waals surface area contributed by atoms with Crippen LogP contribution in [0.4, 0.5) is 0 Å². The maximum absolute atomic E-state index is 8.84. The minimum atomic E-state index is 0.0866. The molecular weight excluding hydrogens is 316 g/mol. The Balaban J connectivity index is 1.59. The van der Waals surface area contributed by atoms with E-state index in [0.717, 1.165) is 17.7 Å². The summed E-state index contributed by atoms with van der Waals surface area (Å²) in [6.07, 6.45) is 2.15. The first-order chi connectivity index (χ1) is 12.2. The topological polar surface area (TPSA) is 68.4 Å². The summed E-state index contributed by atoms with van der Waals surface area (Å²) in [4.78, 5) is 4.33. The van der Waals surface area contributed by atoms with Gasteiger partial charge < -0.3 is 14.4 Å². The van der Waals surface area contributed by atoms with Gasteiger partial charge in [0.1, 0.15) is 5.75 Å². The third-order valence-electron chi connectivity index (χ3n) is 3.83. The molecule has 1 heterocycles. The molecule has 5 nitrogen and oxygen atoms in total. The van der Waals surface area contributed by atoms with Crippen LogP contribution < -0.4 is 4.74 Å². The Kier molecular flexibility index (Phi) is 5.80. The predicted octanol–water partition coefficient (Wildman–Crippen LogP) is 3.67. The molecule has 0 fully saturated rings. The number of aromatic nitrogens is 2.